The summed E-state index contributed by atoms with van der Waals surface area (Å²) in [5.41, 5.74) is 0.845. The van der Waals surface area contributed by atoms with E-state index in [-0.39, 0.29) is 6.03 Å². The predicted molar refractivity (Wildman–Crippen MR) is 79.3 cm³/mol. The fourth-order valence-electron chi connectivity index (χ4n) is 2.68. The van der Waals surface area contributed by atoms with Gasteiger partial charge in [-0.05, 0) is 30.9 Å². The van der Waals surface area contributed by atoms with Crippen LogP contribution < -0.4 is 10.6 Å². The van der Waals surface area contributed by atoms with Crippen LogP contribution in [-0.2, 0) is 0 Å². The molecule has 0 spiro atoms. The molecule has 0 heterocycles. The molecule has 104 valence electrons. The maximum Gasteiger partial charge on any atom is 0.319 e. The number of benzene rings is 1. The van der Waals surface area contributed by atoms with Crippen molar-refractivity contribution in [2.24, 2.45) is 5.92 Å². The van der Waals surface area contributed by atoms with Gasteiger partial charge in [0.05, 0.1) is 0 Å². The lowest BCUT2D eigenvalue weighted by molar-refractivity contribution is 0.248. The van der Waals surface area contributed by atoms with Gasteiger partial charge in [0, 0.05) is 12.2 Å². The molecule has 0 atom stereocenters. The van der Waals surface area contributed by atoms with E-state index in [1.54, 1.807) is 0 Å². The molecule has 0 radical (unpaired) electrons. The van der Waals surface area contributed by atoms with Gasteiger partial charge >= 0.3 is 6.03 Å². The van der Waals surface area contributed by atoms with Crippen molar-refractivity contribution >= 4 is 11.7 Å². The number of urea groups is 1. The summed E-state index contributed by atoms with van der Waals surface area (Å²) in [7, 11) is 0. The number of anilines is 1. The highest BCUT2D eigenvalue weighted by atomic mass is 16.2. The Hall–Kier alpha value is -1.51. The number of carbonyl (C=O) groups is 1. The minimum atomic E-state index is -0.0896. The van der Waals surface area contributed by atoms with Crippen molar-refractivity contribution < 1.29 is 4.79 Å². The molecule has 3 heteroatoms. The first-order valence-electron chi connectivity index (χ1n) is 7.44. The van der Waals surface area contributed by atoms with Gasteiger partial charge in [0.15, 0.2) is 0 Å². The van der Waals surface area contributed by atoms with Crippen molar-refractivity contribution in [1.82, 2.24) is 5.32 Å². The average molecular weight is 260 g/mol. The standard InChI is InChI=1S/C16H24N2O/c19-16(18-15-11-7-4-8-12-15)17-13-14-9-5-2-1-3-6-10-14/h4,7-8,11-12,14H,1-3,5-6,9-10,13H2,(H2,17,18,19). The fraction of sp³-hybridized carbons (Fsp3) is 0.562. The van der Waals surface area contributed by atoms with Gasteiger partial charge in [-0.3, -0.25) is 0 Å². The lowest BCUT2D eigenvalue weighted by Gasteiger charge is -2.20. The smallest absolute Gasteiger partial charge is 0.319 e. The van der Waals surface area contributed by atoms with Crippen molar-refractivity contribution in [3.63, 3.8) is 0 Å². The summed E-state index contributed by atoms with van der Waals surface area (Å²) in [4.78, 5) is 11.8. The second-order valence-corrected chi connectivity index (χ2v) is 5.41. The van der Waals surface area contributed by atoms with Crippen LogP contribution in [-0.4, -0.2) is 12.6 Å². The van der Waals surface area contributed by atoms with E-state index in [9.17, 15) is 4.79 Å². The molecule has 1 saturated carbocycles. The predicted octanol–water partition coefficient (Wildman–Crippen LogP) is 4.17. The van der Waals surface area contributed by atoms with Crippen LogP contribution in [0.5, 0.6) is 0 Å². The van der Waals surface area contributed by atoms with Crippen LogP contribution in [0.15, 0.2) is 30.3 Å². The second kappa shape index (κ2) is 7.82. The summed E-state index contributed by atoms with van der Waals surface area (Å²) in [5, 5.41) is 5.86. The van der Waals surface area contributed by atoms with Crippen LogP contribution in [0.2, 0.25) is 0 Å². The first kappa shape index (κ1) is 13.9. The molecule has 0 saturated heterocycles. The molecule has 2 amide bonds. The van der Waals surface area contributed by atoms with Crippen LogP contribution in [0.25, 0.3) is 0 Å². The highest BCUT2D eigenvalue weighted by Crippen LogP contribution is 2.21. The van der Waals surface area contributed by atoms with Gasteiger partial charge in [-0.15, -0.1) is 0 Å². The zero-order valence-corrected chi connectivity index (χ0v) is 11.5. The minimum absolute atomic E-state index is 0.0896. The third-order valence-electron chi connectivity index (χ3n) is 3.81. The summed E-state index contributed by atoms with van der Waals surface area (Å²) < 4.78 is 0. The van der Waals surface area contributed by atoms with E-state index in [2.05, 4.69) is 10.6 Å². The van der Waals surface area contributed by atoms with Gasteiger partial charge in [-0.25, -0.2) is 4.79 Å². The molecule has 2 N–H and O–H groups in total. The topological polar surface area (TPSA) is 41.1 Å². The first-order valence-corrected chi connectivity index (χ1v) is 7.44. The average Bonchev–Trinajstić information content (AvgIpc) is 2.38. The Balaban J connectivity index is 1.70. The Bertz CT molecular complexity index is 370. The Morgan fingerprint density at radius 2 is 1.63 bits per heavy atom. The highest BCUT2D eigenvalue weighted by molar-refractivity contribution is 5.89. The van der Waals surface area contributed by atoms with Crippen molar-refractivity contribution in [2.75, 3.05) is 11.9 Å². The van der Waals surface area contributed by atoms with Crippen LogP contribution >= 0.6 is 0 Å². The molecular weight excluding hydrogens is 236 g/mol. The number of carbonyl (C=O) groups excluding carboxylic acids is 1. The molecule has 1 aliphatic rings. The molecule has 19 heavy (non-hydrogen) atoms. The van der Waals surface area contributed by atoms with E-state index in [0.717, 1.165) is 12.2 Å². The lowest BCUT2D eigenvalue weighted by Crippen LogP contribution is -2.33. The molecule has 0 aliphatic heterocycles. The maximum atomic E-state index is 11.8. The summed E-state index contributed by atoms with van der Waals surface area (Å²) in [6.45, 7) is 0.804. The van der Waals surface area contributed by atoms with Gasteiger partial charge in [-0.1, -0.05) is 50.3 Å². The zero-order valence-electron chi connectivity index (χ0n) is 11.5. The maximum absolute atomic E-state index is 11.8. The molecule has 2 rings (SSSR count). The quantitative estimate of drug-likeness (QED) is 0.841. The molecule has 1 aromatic rings. The van der Waals surface area contributed by atoms with Gasteiger partial charge in [0.25, 0.3) is 0 Å². The third-order valence-corrected chi connectivity index (χ3v) is 3.81. The lowest BCUT2D eigenvalue weighted by atomic mass is 9.91. The Kier molecular flexibility index (Phi) is 5.73. The number of hydrogen-bond donors (Lipinski definition) is 2. The molecule has 3 nitrogen and oxygen atoms in total. The van der Waals surface area contributed by atoms with Crippen LogP contribution in [0.1, 0.15) is 44.9 Å². The Labute approximate surface area is 115 Å². The third kappa shape index (κ3) is 5.33. The monoisotopic (exact) mass is 260 g/mol. The highest BCUT2D eigenvalue weighted by Gasteiger charge is 2.12. The molecular formula is C16H24N2O. The number of rotatable bonds is 3. The summed E-state index contributed by atoms with van der Waals surface area (Å²) >= 11 is 0. The molecule has 0 bridgehead atoms. The van der Waals surface area contributed by atoms with E-state index >= 15 is 0 Å². The summed E-state index contributed by atoms with van der Waals surface area (Å²) in [5.74, 6) is 0.654. The number of amides is 2. The van der Waals surface area contributed by atoms with E-state index in [1.165, 1.54) is 44.9 Å². The molecule has 1 fully saturated rings. The van der Waals surface area contributed by atoms with E-state index in [4.69, 9.17) is 0 Å². The van der Waals surface area contributed by atoms with Crippen molar-refractivity contribution in [1.29, 1.82) is 0 Å². The normalized spacial score (nSPS) is 17.3. The summed E-state index contributed by atoms with van der Waals surface area (Å²) in [6, 6.07) is 9.49. The second-order valence-electron chi connectivity index (χ2n) is 5.41. The van der Waals surface area contributed by atoms with Crippen LogP contribution in [0.4, 0.5) is 10.5 Å². The Morgan fingerprint density at radius 3 is 2.32 bits per heavy atom. The largest absolute Gasteiger partial charge is 0.338 e. The number of nitrogens with one attached hydrogen (secondary N) is 2. The number of para-hydroxylation sites is 1. The zero-order chi connectivity index (χ0) is 13.3. The van der Waals surface area contributed by atoms with E-state index in [0.29, 0.717) is 5.92 Å². The minimum Gasteiger partial charge on any atom is -0.338 e. The molecule has 1 aliphatic carbocycles. The van der Waals surface area contributed by atoms with Gasteiger partial charge in [0.1, 0.15) is 0 Å². The Morgan fingerprint density at radius 1 is 1.00 bits per heavy atom. The van der Waals surface area contributed by atoms with Crippen molar-refractivity contribution in [3.05, 3.63) is 30.3 Å². The van der Waals surface area contributed by atoms with Crippen molar-refractivity contribution in [3.8, 4) is 0 Å². The van der Waals surface area contributed by atoms with Gasteiger partial charge < -0.3 is 10.6 Å². The number of hydrogen-bond acceptors (Lipinski definition) is 1. The van der Waals surface area contributed by atoms with Crippen LogP contribution in [0.3, 0.4) is 0 Å². The van der Waals surface area contributed by atoms with E-state index < -0.39 is 0 Å². The first-order chi connectivity index (χ1) is 9.34. The van der Waals surface area contributed by atoms with Crippen molar-refractivity contribution in [2.45, 2.75) is 44.9 Å². The van der Waals surface area contributed by atoms with Gasteiger partial charge in [-0.2, -0.15) is 0 Å². The summed E-state index contributed by atoms with van der Waals surface area (Å²) in [6.07, 6.45) is 9.23. The molecule has 0 aromatic heterocycles. The SMILES string of the molecule is O=C(NCC1CCCCCCC1)Nc1ccccc1. The molecule has 1 aromatic carbocycles. The fourth-order valence-corrected chi connectivity index (χ4v) is 2.68. The van der Waals surface area contributed by atoms with Crippen LogP contribution in [0, 0.1) is 5.92 Å². The van der Waals surface area contributed by atoms with E-state index in [1.807, 2.05) is 30.3 Å². The van der Waals surface area contributed by atoms with Gasteiger partial charge in [0.2, 0.25) is 0 Å². The molecule has 0 unspecified atom stereocenters.